The van der Waals surface area contributed by atoms with Gasteiger partial charge in [-0.3, -0.25) is 9.69 Å². The molecule has 0 saturated carbocycles. The molecule has 2 aliphatic rings. The molecule has 0 bridgehead atoms. The molecule has 1 aromatic heterocycles. The maximum absolute atomic E-state index is 13.2. The molecule has 1 saturated heterocycles. The Morgan fingerprint density at radius 1 is 1.00 bits per heavy atom. The third kappa shape index (κ3) is 3.82. The number of carbonyl (C=O) groups is 1. The van der Waals surface area contributed by atoms with Gasteiger partial charge >= 0.3 is 5.63 Å². The fourth-order valence-electron chi connectivity index (χ4n) is 4.02. The molecule has 0 atom stereocenters. The molecule has 0 radical (unpaired) electrons. The van der Waals surface area contributed by atoms with E-state index in [4.69, 9.17) is 18.6 Å². The Morgan fingerprint density at radius 2 is 1.81 bits per heavy atom. The van der Waals surface area contributed by atoms with Gasteiger partial charge in [-0.1, -0.05) is 6.07 Å². The summed E-state index contributed by atoms with van der Waals surface area (Å²) < 4.78 is 21.3. The maximum Gasteiger partial charge on any atom is 0.337 e. The Morgan fingerprint density at radius 3 is 2.61 bits per heavy atom. The third-order valence-corrected chi connectivity index (χ3v) is 5.68. The monoisotopic (exact) mass is 422 g/mol. The SMILES string of the molecule is COc1ccc2c(C(=O)N3CCN(Cc4ccc5c(c4)OCO5)CC3)cc(=O)oc2c1. The molecule has 3 aromatic rings. The summed E-state index contributed by atoms with van der Waals surface area (Å²) in [6.45, 7) is 3.69. The van der Waals surface area contributed by atoms with Crippen molar-refractivity contribution >= 4 is 16.9 Å². The van der Waals surface area contributed by atoms with Crippen LogP contribution >= 0.6 is 0 Å². The number of hydrogen-bond acceptors (Lipinski definition) is 7. The highest BCUT2D eigenvalue weighted by Crippen LogP contribution is 2.33. The van der Waals surface area contributed by atoms with E-state index in [1.807, 2.05) is 18.2 Å². The van der Waals surface area contributed by atoms with Crippen molar-refractivity contribution in [3.05, 3.63) is 64.0 Å². The van der Waals surface area contributed by atoms with Gasteiger partial charge in [-0.25, -0.2) is 4.79 Å². The van der Waals surface area contributed by atoms with E-state index in [1.165, 1.54) is 13.2 Å². The fraction of sp³-hybridized carbons (Fsp3) is 0.304. The zero-order valence-electron chi connectivity index (χ0n) is 17.1. The first-order chi connectivity index (χ1) is 15.1. The van der Waals surface area contributed by atoms with E-state index in [1.54, 1.807) is 23.1 Å². The summed E-state index contributed by atoms with van der Waals surface area (Å²) >= 11 is 0. The molecule has 0 N–H and O–H groups in total. The van der Waals surface area contributed by atoms with Crippen LogP contribution in [-0.2, 0) is 6.54 Å². The lowest BCUT2D eigenvalue weighted by molar-refractivity contribution is 0.0629. The minimum Gasteiger partial charge on any atom is -0.497 e. The molecule has 5 rings (SSSR count). The number of amides is 1. The van der Waals surface area contributed by atoms with Crippen molar-refractivity contribution < 1.29 is 23.4 Å². The summed E-state index contributed by atoms with van der Waals surface area (Å²) in [5.41, 5.74) is 1.30. The predicted molar refractivity (Wildman–Crippen MR) is 113 cm³/mol. The second-order valence-corrected chi connectivity index (χ2v) is 7.60. The lowest BCUT2D eigenvalue weighted by Gasteiger charge is -2.35. The molecule has 0 spiro atoms. The molecule has 8 nitrogen and oxygen atoms in total. The standard InChI is InChI=1S/C23H22N2O6/c1-28-16-3-4-17-18(12-22(26)31-20(17)11-16)23(27)25-8-6-24(7-9-25)13-15-2-5-19-21(10-15)30-14-29-19/h2-5,10-12H,6-9,13-14H2,1H3. The lowest BCUT2D eigenvalue weighted by Crippen LogP contribution is -2.48. The van der Waals surface area contributed by atoms with Gasteiger partial charge < -0.3 is 23.5 Å². The Bertz CT molecular complexity index is 1200. The van der Waals surface area contributed by atoms with Gasteiger partial charge in [0.2, 0.25) is 6.79 Å². The summed E-state index contributed by atoms with van der Waals surface area (Å²) in [6, 6.07) is 12.4. The average molecular weight is 422 g/mol. The second-order valence-electron chi connectivity index (χ2n) is 7.60. The van der Waals surface area contributed by atoms with E-state index >= 15 is 0 Å². The summed E-state index contributed by atoms with van der Waals surface area (Å²) in [7, 11) is 1.54. The van der Waals surface area contributed by atoms with Crippen LogP contribution in [0.25, 0.3) is 11.0 Å². The molecule has 0 aliphatic carbocycles. The first-order valence-electron chi connectivity index (χ1n) is 10.1. The molecular weight excluding hydrogens is 400 g/mol. The van der Waals surface area contributed by atoms with Gasteiger partial charge in [-0.05, 0) is 29.8 Å². The zero-order chi connectivity index (χ0) is 21.4. The van der Waals surface area contributed by atoms with Crippen LogP contribution in [0.1, 0.15) is 15.9 Å². The Labute approximate surface area is 178 Å². The summed E-state index contributed by atoms with van der Waals surface area (Å²) in [5, 5.41) is 0.605. The van der Waals surface area contributed by atoms with Crippen LogP contribution in [0, 0.1) is 0 Å². The van der Waals surface area contributed by atoms with Gasteiger partial charge in [0.05, 0.1) is 12.7 Å². The summed E-state index contributed by atoms with van der Waals surface area (Å²) in [4.78, 5) is 29.3. The normalized spacial score (nSPS) is 16.0. The highest BCUT2D eigenvalue weighted by atomic mass is 16.7. The van der Waals surface area contributed by atoms with Crippen molar-refractivity contribution in [1.29, 1.82) is 0 Å². The molecule has 2 aromatic carbocycles. The van der Waals surface area contributed by atoms with Crippen molar-refractivity contribution in [3.63, 3.8) is 0 Å². The molecule has 0 unspecified atom stereocenters. The molecule has 1 fully saturated rings. The highest BCUT2D eigenvalue weighted by Gasteiger charge is 2.25. The summed E-state index contributed by atoms with van der Waals surface area (Å²) in [5.74, 6) is 1.96. The van der Waals surface area contributed by atoms with Crippen molar-refractivity contribution in [1.82, 2.24) is 9.80 Å². The van der Waals surface area contributed by atoms with E-state index in [0.717, 1.165) is 36.7 Å². The number of carbonyl (C=O) groups excluding carboxylic acids is 1. The van der Waals surface area contributed by atoms with Crippen LogP contribution in [0.3, 0.4) is 0 Å². The molecule has 2 aliphatic heterocycles. The van der Waals surface area contributed by atoms with Gasteiger partial charge in [0.25, 0.3) is 5.91 Å². The van der Waals surface area contributed by atoms with E-state index in [0.29, 0.717) is 35.4 Å². The number of fused-ring (bicyclic) bond motifs is 2. The minimum absolute atomic E-state index is 0.161. The van der Waals surface area contributed by atoms with Crippen molar-refractivity contribution in [2.45, 2.75) is 6.54 Å². The number of hydrogen-bond donors (Lipinski definition) is 0. The number of ether oxygens (including phenoxy) is 3. The van der Waals surface area contributed by atoms with Gasteiger partial charge in [0.15, 0.2) is 11.5 Å². The molecule has 1 amide bonds. The summed E-state index contributed by atoms with van der Waals surface area (Å²) in [6.07, 6.45) is 0. The first-order valence-corrected chi connectivity index (χ1v) is 10.1. The molecule has 160 valence electrons. The Hall–Kier alpha value is -3.52. The van der Waals surface area contributed by atoms with Crippen molar-refractivity contribution in [2.75, 3.05) is 40.1 Å². The first kappa shape index (κ1) is 19.4. The van der Waals surface area contributed by atoms with Gasteiger partial charge in [-0.2, -0.15) is 0 Å². The van der Waals surface area contributed by atoms with Crippen LogP contribution < -0.4 is 19.8 Å². The van der Waals surface area contributed by atoms with E-state index < -0.39 is 5.63 Å². The van der Waals surface area contributed by atoms with E-state index in [9.17, 15) is 9.59 Å². The third-order valence-electron chi connectivity index (χ3n) is 5.68. The maximum atomic E-state index is 13.2. The van der Waals surface area contributed by atoms with Gasteiger partial charge in [0, 0.05) is 50.2 Å². The van der Waals surface area contributed by atoms with Crippen LogP contribution in [0.15, 0.2) is 51.7 Å². The van der Waals surface area contributed by atoms with Crippen molar-refractivity contribution in [3.8, 4) is 17.2 Å². The van der Waals surface area contributed by atoms with Gasteiger partial charge in [-0.15, -0.1) is 0 Å². The van der Waals surface area contributed by atoms with Crippen molar-refractivity contribution in [2.24, 2.45) is 0 Å². The number of piperazine rings is 1. The average Bonchev–Trinajstić information content (AvgIpc) is 3.26. The van der Waals surface area contributed by atoms with Crippen LogP contribution in [-0.4, -0.2) is 55.8 Å². The van der Waals surface area contributed by atoms with Crippen LogP contribution in [0.2, 0.25) is 0 Å². The van der Waals surface area contributed by atoms with Gasteiger partial charge in [0.1, 0.15) is 11.3 Å². The zero-order valence-corrected chi connectivity index (χ0v) is 17.1. The lowest BCUT2D eigenvalue weighted by atomic mass is 10.1. The Balaban J connectivity index is 1.28. The van der Waals surface area contributed by atoms with E-state index in [-0.39, 0.29) is 12.7 Å². The Kier molecular flexibility index (Phi) is 4.99. The molecule has 3 heterocycles. The quantitative estimate of drug-likeness (QED) is 0.598. The highest BCUT2D eigenvalue weighted by molar-refractivity contribution is 6.05. The molecule has 8 heteroatoms. The fourth-order valence-corrected chi connectivity index (χ4v) is 4.02. The molecule has 31 heavy (non-hydrogen) atoms. The smallest absolute Gasteiger partial charge is 0.337 e. The number of methoxy groups -OCH3 is 1. The largest absolute Gasteiger partial charge is 0.497 e. The molecular formula is C23H22N2O6. The predicted octanol–water partition coefficient (Wildman–Crippen LogP) is 2.49. The van der Waals surface area contributed by atoms with E-state index in [2.05, 4.69) is 4.90 Å². The van der Waals surface area contributed by atoms with Crippen LogP contribution in [0.4, 0.5) is 0 Å². The second kappa shape index (κ2) is 7.96. The minimum atomic E-state index is -0.550. The topological polar surface area (TPSA) is 81.5 Å². The number of benzene rings is 2. The van der Waals surface area contributed by atoms with Crippen LogP contribution in [0.5, 0.6) is 17.2 Å². The number of rotatable bonds is 4. The number of nitrogens with zero attached hydrogens (tertiary/aromatic N) is 2.